The first-order valence-corrected chi connectivity index (χ1v) is 8.13. The molecule has 0 fully saturated rings. The fourth-order valence-corrected chi connectivity index (χ4v) is 2.44. The van der Waals surface area contributed by atoms with Crippen LogP contribution in [0.2, 0.25) is 0 Å². The van der Waals surface area contributed by atoms with E-state index < -0.39 is 0 Å². The van der Waals surface area contributed by atoms with Gasteiger partial charge in [-0.2, -0.15) is 0 Å². The van der Waals surface area contributed by atoms with Crippen LogP contribution in [0.1, 0.15) is 59.6 Å². The van der Waals surface area contributed by atoms with Crippen molar-refractivity contribution in [3.63, 3.8) is 0 Å². The van der Waals surface area contributed by atoms with Crippen molar-refractivity contribution in [1.82, 2.24) is 0 Å². The predicted molar refractivity (Wildman–Crippen MR) is 93.2 cm³/mol. The third kappa shape index (κ3) is 5.95. The summed E-state index contributed by atoms with van der Waals surface area (Å²) in [6.45, 7) is 16.3. The monoisotopic (exact) mass is 288 g/mol. The minimum atomic E-state index is 0.103. The summed E-state index contributed by atoms with van der Waals surface area (Å²) in [6, 6.07) is 6.70. The van der Waals surface area contributed by atoms with Gasteiger partial charge in [0, 0.05) is 0 Å². The first-order valence-electron chi connectivity index (χ1n) is 8.13. The summed E-state index contributed by atoms with van der Waals surface area (Å²) in [4.78, 5) is 0. The normalized spacial score (nSPS) is 13.9. The zero-order valence-electron chi connectivity index (χ0n) is 14.9. The maximum atomic E-state index is 6.02. The molecule has 0 aliphatic rings. The van der Waals surface area contributed by atoms with Gasteiger partial charge in [0.25, 0.3) is 0 Å². The van der Waals surface area contributed by atoms with Gasteiger partial charge in [0.1, 0.15) is 5.75 Å². The molecule has 0 amide bonds. The maximum absolute atomic E-state index is 6.02. The Labute approximate surface area is 131 Å². The van der Waals surface area contributed by atoms with Gasteiger partial charge in [-0.25, -0.2) is 0 Å². The molecule has 0 aliphatic heterocycles. The summed E-state index contributed by atoms with van der Waals surface area (Å²) < 4.78 is 6.02. The van der Waals surface area contributed by atoms with E-state index in [9.17, 15) is 0 Å². The molecule has 0 bridgehead atoms. The summed E-state index contributed by atoms with van der Waals surface area (Å²) in [5.41, 5.74) is 2.81. The molecule has 1 atom stereocenters. The molecule has 0 heterocycles. The van der Waals surface area contributed by atoms with Crippen molar-refractivity contribution in [2.45, 2.75) is 60.3 Å². The summed E-state index contributed by atoms with van der Waals surface area (Å²) in [5.74, 6) is 2.16. The highest BCUT2D eigenvalue weighted by Crippen LogP contribution is 2.33. The van der Waals surface area contributed by atoms with E-state index in [0.717, 1.165) is 18.8 Å². The van der Waals surface area contributed by atoms with E-state index in [1.165, 1.54) is 11.1 Å². The van der Waals surface area contributed by atoms with Gasteiger partial charge >= 0.3 is 0 Å². The van der Waals surface area contributed by atoms with Gasteiger partial charge in [-0.15, -0.1) is 0 Å². The van der Waals surface area contributed by atoms with Crippen molar-refractivity contribution in [1.29, 1.82) is 0 Å². The Kier molecular flexibility index (Phi) is 6.51. The molecule has 1 aromatic carbocycles. The Bertz CT molecular complexity index is 463. The minimum Gasteiger partial charge on any atom is -0.493 e. The molecule has 118 valence electrons. The van der Waals surface area contributed by atoms with Crippen LogP contribution >= 0.6 is 0 Å². The molecule has 1 unspecified atom stereocenters. The Balaban J connectivity index is 3.01. The maximum Gasteiger partial charge on any atom is 0.123 e. The lowest BCUT2D eigenvalue weighted by Crippen LogP contribution is -2.16. The number of hydrogen-bond acceptors (Lipinski definition) is 1. The summed E-state index contributed by atoms with van der Waals surface area (Å²) in [5, 5.41) is 0. The highest BCUT2D eigenvalue weighted by molar-refractivity contribution is 5.42. The summed E-state index contributed by atoms with van der Waals surface area (Å²) in [7, 11) is 0. The highest BCUT2D eigenvalue weighted by atomic mass is 16.5. The fourth-order valence-electron chi connectivity index (χ4n) is 2.44. The SMILES string of the molecule is C/C=C\C(C)Cc1ccc(OCC(C)C)c(C(C)(C)C)c1. The molecule has 1 rings (SSSR count). The Morgan fingerprint density at radius 3 is 2.33 bits per heavy atom. The first kappa shape index (κ1) is 17.8. The third-order valence-electron chi connectivity index (χ3n) is 3.50. The summed E-state index contributed by atoms with van der Waals surface area (Å²) in [6.07, 6.45) is 5.48. The Morgan fingerprint density at radius 1 is 1.14 bits per heavy atom. The molecular formula is C20H32O. The summed E-state index contributed by atoms with van der Waals surface area (Å²) >= 11 is 0. The van der Waals surface area contributed by atoms with Crippen LogP contribution in [-0.4, -0.2) is 6.61 Å². The van der Waals surface area contributed by atoms with Crippen molar-refractivity contribution >= 4 is 0 Å². The molecule has 0 radical (unpaired) electrons. The van der Waals surface area contributed by atoms with E-state index in [-0.39, 0.29) is 5.41 Å². The third-order valence-corrected chi connectivity index (χ3v) is 3.50. The molecular weight excluding hydrogens is 256 g/mol. The van der Waals surface area contributed by atoms with Gasteiger partial charge in [0.15, 0.2) is 0 Å². The molecule has 0 aliphatic carbocycles. The molecule has 0 N–H and O–H groups in total. The van der Waals surface area contributed by atoms with Gasteiger partial charge in [-0.05, 0) is 47.8 Å². The zero-order chi connectivity index (χ0) is 16.0. The number of rotatable bonds is 6. The van der Waals surface area contributed by atoms with Crippen LogP contribution in [-0.2, 0) is 11.8 Å². The molecule has 0 spiro atoms. The topological polar surface area (TPSA) is 9.23 Å². The fraction of sp³-hybridized carbons (Fsp3) is 0.600. The van der Waals surface area contributed by atoms with E-state index >= 15 is 0 Å². The number of benzene rings is 1. The van der Waals surface area contributed by atoms with Gasteiger partial charge in [0.2, 0.25) is 0 Å². The van der Waals surface area contributed by atoms with Gasteiger partial charge in [-0.1, -0.05) is 65.8 Å². The van der Waals surface area contributed by atoms with Crippen molar-refractivity contribution in [3.05, 3.63) is 41.5 Å². The van der Waals surface area contributed by atoms with Crippen LogP contribution in [0.5, 0.6) is 5.75 Å². The van der Waals surface area contributed by atoms with Crippen molar-refractivity contribution in [3.8, 4) is 5.75 Å². The molecule has 0 saturated heterocycles. The van der Waals surface area contributed by atoms with Crippen LogP contribution in [0.4, 0.5) is 0 Å². The second-order valence-electron chi connectivity index (χ2n) is 7.49. The quantitative estimate of drug-likeness (QED) is 0.603. The van der Waals surface area contributed by atoms with Crippen LogP contribution in [0.3, 0.4) is 0 Å². The van der Waals surface area contributed by atoms with Crippen LogP contribution < -0.4 is 4.74 Å². The molecule has 1 aromatic rings. The van der Waals surface area contributed by atoms with E-state index in [1.54, 1.807) is 0 Å². The standard InChI is InChI=1S/C20H32O/c1-8-9-16(4)12-17-10-11-19(21-14-15(2)3)18(13-17)20(5,6)7/h8-11,13,15-16H,12,14H2,1-7H3/b9-8-. The second kappa shape index (κ2) is 7.68. The highest BCUT2D eigenvalue weighted by Gasteiger charge is 2.20. The average molecular weight is 288 g/mol. The van der Waals surface area contributed by atoms with Crippen molar-refractivity contribution in [2.24, 2.45) is 11.8 Å². The molecule has 1 heteroatoms. The average Bonchev–Trinajstić information content (AvgIpc) is 2.36. The minimum absolute atomic E-state index is 0.103. The molecule has 21 heavy (non-hydrogen) atoms. The van der Waals surface area contributed by atoms with E-state index in [4.69, 9.17) is 4.74 Å². The van der Waals surface area contributed by atoms with Crippen LogP contribution in [0.15, 0.2) is 30.4 Å². The van der Waals surface area contributed by atoms with Gasteiger partial charge < -0.3 is 4.74 Å². The van der Waals surface area contributed by atoms with E-state index in [0.29, 0.717) is 11.8 Å². The molecule has 0 aromatic heterocycles. The van der Waals surface area contributed by atoms with Crippen LogP contribution in [0.25, 0.3) is 0 Å². The van der Waals surface area contributed by atoms with E-state index in [2.05, 4.69) is 78.8 Å². The van der Waals surface area contributed by atoms with Gasteiger partial charge in [0.05, 0.1) is 6.61 Å². The smallest absolute Gasteiger partial charge is 0.123 e. The Hall–Kier alpha value is -1.24. The van der Waals surface area contributed by atoms with E-state index in [1.807, 2.05) is 0 Å². The number of hydrogen-bond donors (Lipinski definition) is 0. The number of ether oxygens (including phenoxy) is 1. The lowest BCUT2D eigenvalue weighted by Gasteiger charge is -2.24. The molecule has 0 saturated carbocycles. The lowest BCUT2D eigenvalue weighted by atomic mass is 9.84. The Morgan fingerprint density at radius 2 is 1.81 bits per heavy atom. The zero-order valence-corrected chi connectivity index (χ0v) is 14.9. The lowest BCUT2D eigenvalue weighted by molar-refractivity contribution is 0.265. The second-order valence-corrected chi connectivity index (χ2v) is 7.49. The first-order chi connectivity index (χ1) is 9.74. The largest absolute Gasteiger partial charge is 0.493 e. The van der Waals surface area contributed by atoms with Crippen molar-refractivity contribution in [2.75, 3.05) is 6.61 Å². The van der Waals surface area contributed by atoms with Crippen molar-refractivity contribution < 1.29 is 4.74 Å². The van der Waals surface area contributed by atoms with Crippen LogP contribution in [0, 0.1) is 11.8 Å². The van der Waals surface area contributed by atoms with Gasteiger partial charge in [-0.3, -0.25) is 0 Å². The number of allylic oxidation sites excluding steroid dienone is 2. The molecule has 1 nitrogen and oxygen atoms in total. The predicted octanol–water partition coefficient (Wildman–Crippen LogP) is 5.77.